The highest BCUT2D eigenvalue weighted by Gasteiger charge is 2.06. The summed E-state index contributed by atoms with van der Waals surface area (Å²) in [6.07, 6.45) is 2.38. The van der Waals surface area contributed by atoms with Gasteiger partial charge in [0.25, 0.3) is 0 Å². The standard InChI is InChI=1S/C18H31N3O.HI/c1-5-8-13-21(4)18(19-6-2)20-14-16-11-9-10-12-17(16)15-22-7-3;/h9-12H,5-8,13-15H2,1-4H3,(H,19,20);1H. The molecule has 0 radical (unpaired) electrons. The minimum absolute atomic E-state index is 0. The molecule has 5 heteroatoms. The molecule has 1 N–H and O–H groups in total. The number of unbranched alkanes of at least 4 members (excludes halogenated alkanes) is 1. The maximum atomic E-state index is 5.54. The van der Waals surface area contributed by atoms with E-state index >= 15 is 0 Å². The molecule has 0 amide bonds. The summed E-state index contributed by atoms with van der Waals surface area (Å²) in [5, 5.41) is 3.37. The van der Waals surface area contributed by atoms with Gasteiger partial charge in [-0.05, 0) is 31.4 Å². The molecule has 4 nitrogen and oxygen atoms in total. The van der Waals surface area contributed by atoms with Gasteiger partial charge in [-0.1, -0.05) is 37.6 Å². The Balaban J connectivity index is 0.00000484. The quantitative estimate of drug-likeness (QED) is 0.363. The number of ether oxygens (including phenoxy) is 1. The molecule has 0 aliphatic carbocycles. The average molecular weight is 433 g/mol. The zero-order valence-corrected chi connectivity index (χ0v) is 17.3. The smallest absolute Gasteiger partial charge is 0.193 e. The molecule has 0 fully saturated rings. The van der Waals surface area contributed by atoms with Gasteiger partial charge in [0, 0.05) is 26.7 Å². The van der Waals surface area contributed by atoms with E-state index in [1.54, 1.807) is 0 Å². The fourth-order valence-electron chi connectivity index (χ4n) is 2.20. The van der Waals surface area contributed by atoms with E-state index in [0.717, 1.165) is 25.7 Å². The number of hydrogen-bond acceptors (Lipinski definition) is 2. The first kappa shape index (κ1) is 22.2. The molecule has 0 saturated carbocycles. The zero-order chi connectivity index (χ0) is 16.2. The van der Waals surface area contributed by atoms with Gasteiger partial charge in [0.1, 0.15) is 0 Å². The number of hydrogen-bond donors (Lipinski definition) is 1. The van der Waals surface area contributed by atoms with E-state index in [9.17, 15) is 0 Å². The van der Waals surface area contributed by atoms with Crippen LogP contribution in [0.25, 0.3) is 0 Å². The number of nitrogens with one attached hydrogen (secondary N) is 1. The van der Waals surface area contributed by atoms with Crippen LogP contribution in [0.5, 0.6) is 0 Å². The zero-order valence-electron chi connectivity index (χ0n) is 15.0. The van der Waals surface area contributed by atoms with Crippen LogP contribution in [0.1, 0.15) is 44.7 Å². The monoisotopic (exact) mass is 433 g/mol. The summed E-state index contributed by atoms with van der Waals surface area (Å²) < 4.78 is 5.54. The maximum Gasteiger partial charge on any atom is 0.193 e. The molecule has 0 aliphatic rings. The molecule has 0 aliphatic heterocycles. The van der Waals surface area contributed by atoms with Crippen LogP contribution < -0.4 is 5.32 Å². The van der Waals surface area contributed by atoms with Crippen molar-refractivity contribution >= 4 is 29.9 Å². The Labute approximate surface area is 158 Å². The predicted molar refractivity (Wildman–Crippen MR) is 110 cm³/mol. The van der Waals surface area contributed by atoms with Crippen molar-refractivity contribution in [2.24, 2.45) is 4.99 Å². The van der Waals surface area contributed by atoms with Gasteiger partial charge in [-0.25, -0.2) is 4.99 Å². The SMILES string of the molecule is CCCCN(C)C(=NCc1ccccc1COCC)NCC.I. The number of rotatable bonds is 9. The van der Waals surface area contributed by atoms with Crippen LogP contribution in [0, 0.1) is 0 Å². The second-order valence-electron chi connectivity index (χ2n) is 5.35. The van der Waals surface area contributed by atoms with Gasteiger partial charge in [-0.15, -0.1) is 24.0 Å². The van der Waals surface area contributed by atoms with Crippen LogP contribution >= 0.6 is 24.0 Å². The first-order valence-electron chi connectivity index (χ1n) is 8.36. The first-order valence-corrected chi connectivity index (χ1v) is 8.36. The summed E-state index contributed by atoms with van der Waals surface area (Å²) >= 11 is 0. The van der Waals surface area contributed by atoms with Crippen LogP contribution in [0.2, 0.25) is 0 Å². The van der Waals surface area contributed by atoms with Gasteiger partial charge in [0.15, 0.2) is 5.96 Å². The summed E-state index contributed by atoms with van der Waals surface area (Å²) in [6.45, 7) is 10.3. The Hall–Kier alpha value is -0.820. The molecule has 0 heterocycles. The predicted octanol–water partition coefficient (Wildman–Crippen LogP) is 4.04. The lowest BCUT2D eigenvalue weighted by Gasteiger charge is -2.22. The van der Waals surface area contributed by atoms with Crippen molar-refractivity contribution < 1.29 is 4.74 Å². The molecule has 0 spiro atoms. The summed E-state index contributed by atoms with van der Waals surface area (Å²) in [4.78, 5) is 6.99. The van der Waals surface area contributed by atoms with E-state index in [-0.39, 0.29) is 24.0 Å². The minimum Gasteiger partial charge on any atom is -0.377 e. The molecular weight excluding hydrogens is 401 g/mol. The third-order valence-electron chi connectivity index (χ3n) is 3.52. The Morgan fingerprint density at radius 1 is 1.17 bits per heavy atom. The Kier molecular flexibility index (Phi) is 13.1. The topological polar surface area (TPSA) is 36.9 Å². The summed E-state index contributed by atoms with van der Waals surface area (Å²) in [6, 6.07) is 8.37. The highest BCUT2D eigenvalue weighted by molar-refractivity contribution is 14.0. The van der Waals surface area contributed by atoms with Gasteiger partial charge in [0.05, 0.1) is 13.2 Å². The molecule has 1 aromatic rings. The van der Waals surface area contributed by atoms with E-state index in [1.807, 2.05) is 6.92 Å². The molecule has 23 heavy (non-hydrogen) atoms. The van der Waals surface area contributed by atoms with Gasteiger partial charge in [-0.2, -0.15) is 0 Å². The molecule has 1 aromatic carbocycles. The Morgan fingerprint density at radius 2 is 1.87 bits per heavy atom. The fraction of sp³-hybridized carbons (Fsp3) is 0.611. The summed E-state index contributed by atoms with van der Waals surface area (Å²) in [5.74, 6) is 0.974. The summed E-state index contributed by atoms with van der Waals surface area (Å²) in [7, 11) is 2.10. The van der Waals surface area contributed by atoms with Crippen molar-refractivity contribution in [1.29, 1.82) is 0 Å². The van der Waals surface area contributed by atoms with E-state index in [2.05, 4.69) is 55.4 Å². The lowest BCUT2D eigenvalue weighted by atomic mass is 10.1. The van der Waals surface area contributed by atoms with Gasteiger partial charge in [0.2, 0.25) is 0 Å². The molecular formula is C18H32IN3O. The molecule has 0 unspecified atom stereocenters. The lowest BCUT2D eigenvalue weighted by Crippen LogP contribution is -2.39. The molecule has 0 bridgehead atoms. The second-order valence-corrected chi connectivity index (χ2v) is 5.35. The first-order chi connectivity index (χ1) is 10.7. The number of nitrogens with zero attached hydrogens (tertiary/aromatic N) is 2. The van der Waals surface area contributed by atoms with Crippen molar-refractivity contribution in [3.63, 3.8) is 0 Å². The van der Waals surface area contributed by atoms with E-state index in [0.29, 0.717) is 13.2 Å². The molecule has 0 aromatic heterocycles. The van der Waals surface area contributed by atoms with Crippen LogP contribution in [0.3, 0.4) is 0 Å². The van der Waals surface area contributed by atoms with Crippen LogP contribution in [-0.4, -0.2) is 37.6 Å². The maximum absolute atomic E-state index is 5.54. The van der Waals surface area contributed by atoms with Gasteiger partial charge in [-0.3, -0.25) is 0 Å². The second kappa shape index (κ2) is 13.6. The molecule has 0 saturated heterocycles. The van der Waals surface area contributed by atoms with Crippen molar-refractivity contribution in [2.75, 3.05) is 26.7 Å². The lowest BCUT2D eigenvalue weighted by molar-refractivity contribution is 0.133. The van der Waals surface area contributed by atoms with E-state index < -0.39 is 0 Å². The van der Waals surface area contributed by atoms with E-state index in [1.165, 1.54) is 24.0 Å². The van der Waals surface area contributed by atoms with Crippen LogP contribution in [0.15, 0.2) is 29.3 Å². The van der Waals surface area contributed by atoms with Gasteiger partial charge < -0.3 is 15.0 Å². The van der Waals surface area contributed by atoms with Crippen LogP contribution in [0.4, 0.5) is 0 Å². The third-order valence-corrected chi connectivity index (χ3v) is 3.52. The van der Waals surface area contributed by atoms with Crippen molar-refractivity contribution in [3.8, 4) is 0 Å². The van der Waals surface area contributed by atoms with Crippen LogP contribution in [-0.2, 0) is 17.9 Å². The van der Waals surface area contributed by atoms with Crippen molar-refractivity contribution in [3.05, 3.63) is 35.4 Å². The highest BCUT2D eigenvalue weighted by atomic mass is 127. The highest BCUT2D eigenvalue weighted by Crippen LogP contribution is 2.11. The number of guanidine groups is 1. The number of halogens is 1. The molecule has 1 rings (SSSR count). The summed E-state index contributed by atoms with van der Waals surface area (Å²) in [5.41, 5.74) is 2.45. The largest absolute Gasteiger partial charge is 0.377 e. The van der Waals surface area contributed by atoms with Crippen molar-refractivity contribution in [1.82, 2.24) is 10.2 Å². The van der Waals surface area contributed by atoms with Gasteiger partial charge >= 0.3 is 0 Å². The average Bonchev–Trinajstić information content (AvgIpc) is 2.55. The normalized spacial score (nSPS) is 11.0. The Bertz CT molecular complexity index is 452. The Morgan fingerprint density at radius 3 is 2.48 bits per heavy atom. The third kappa shape index (κ3) is 8.55. The molecule has 132 valence electrons. The van der Waals surface area contributed by atoms with Crippen molar-refractivity contribution in [2.45, 2.75) is 46.8 Å². The van der Waals surface area contributed by atoms with E-state index in [4.69, 9.17) is 9.73 Å². The fourth-order valence-corrected chi connectivity index (χ4v) is 2.20. The molecule has 0 atom stereocenters. The number of benzene rings is 1. The minimum atomic E-state index is 0. The number of aliphatic imine (C=N–C) groups is 1.